The molecule has 2 unspecified atom stereocenters. The summed E-state index contributed by atoms with van der Waals surface area (Å²) in [6.07, 6.45) is 0.678. The molecule has 0 spiro atoms. The molecule has 7 heteroatoms. The summed E-state index contributed by atoms with van der Waals surface area (Å²) in [6, 6.07) is 15.2. The summed E-state index contributed by atoms with van der Waals surface area (Å²) in [4.78, 5) is 27.1. The minimum Gasteiger partial charge on any atom is -0.494 e. The molecule has 2 aliphatic rings. The first-order valence-electron chi connectivity index (χ1n) is 11.5. The van der Waals surface area contributed by atoms with E-state index >= 15 is 0 Å². The fraction of sp³-hybridized carbons (Fsp3) is 0.385. The van der Waals surface area contributed by atoms with Crippen molar-refractivity contribution < 1.29 is 23.8 Å². The molecule has 1 amide bonds. The van der Waals surface area contributed by atoms with Crippen molar-refractivity contribution >= 4 is 22.8 Å². The van der Waals surface area contributed by atoms with Crippen LogP contribution in [0.3, 0.4) is 0 Å². The van der Waals surface area contributed by atoms with E-state index in [0.29, 0.717) is 48.8 Å². The summed E-state index contributed by atoms with van der Waals surface area (Å²) in [7, 11) is 0. The number of carboxylic acid groups (broad SMARTS) is 1. The lowest BCUT2D eigenvalue weighted by molar-refractivity contribution is -0.137. The highest BCUT2D eigenvalue weighted by Gasteiger charge is 2.51. The summed E-state index contributed by atoms with van der Waals surface area (Å²) in [6.45, 7) is 5.15. The van der Waals surface area contributed by atoms with Crippen LogP contribution in [0, 0.1) is 11.3 Å². The molecule has 2 N–H and O–H groups in total. The molecular formula is C26H28N2O5. The van der Waals surface area contributed by atoms with Crippen LogP contribution in [0.2, 0.25) is 0 Å². The van der Waals surface area contributed by atoms with Crippen LogP contribution < -0.4 is 10.1 Å². The first-order chi connectivity index (χ1) is 16.0. The highest BCUT2D eigenvalue weighted by Crippen LogP contribution is 2.44. The van der Waals surface area contributed by atoms with Gasteiger partial charge in [-0.05, 0) is 37.5 Å². The Hall–Kier alpha value is -3.32. The number of nitrogens with zero attached hydrogens (tertiary/aromatic N) is 1. The maximum atomic E-state index is 14.0. The molecular weight excluding hydrogens is 420 g/mol. The first-order valence-corrected chi connectivity index (χ1v) is 11.5. The van der Waals surface area contributed by atoms with Gasteiger partial charge >= 0.3 is 5.97 Å². The highest BCUT2D eigenvalue weighted by molar-refractivity contribution is 6.11. The van der Waals surface area contributed by atoms with E-state index in [4.69, 9.17) is 9.15 Å². The lowest BCUT2D eigenvalue weighted by Gasteiger charge is -2.27. The van der Waals surface area contributed by atoms with Crippen molar-refractivity contribution in [2.24, 2.45) is 11.3 Å². The Bertz CT molecular complexity index is 1190. The van der Waals surface area contributed by atoms with Crippen LogP contribution in [0.25, 0.3) is 22.3 Å². The number of carboxylic acids is 1. The third kappa shape index (κ3) is 3.86. The second-order valence-electron chi connectivity index (χ2n) is 9.03. The number of furan rings is 1. The van der Waals surface area contributed by atoms with Gasteiger partial charge in [0.05, 0.1) is 12.2 Å². The van der Waals surface area contributed by atoms with Gasteiger partial charge in [-0.25, -0.2) is 0 Å². The minimum atomic E-state index is -0.796. The molecule has 0 bridgehead atoms. The second-order valence-corrected chi connectivity index (χ2v) is 9.03. The normalized spacial score (nSPS) is 22.0. The van der Waals surface area contributed by atoms with E-state index in [1.807, 2.05) is 60.4 Å². The van der Waals surface area contributed by atoms with Crippen LogP contribution in [-0.2, 0) is 4.79 Å². The third-order valence-corrected chi connectivity index (χ3v) is 7.02. The number of nitrogens with one attached hydrogen (secondary N) is 1. The number of carbonyl (C=O) groups excluding carboxylic acids is 1. The molecule has 3 aromatic rings. The molecule has 2 aliphatic heterocycles. The van der Waals surface area contributed by atoms with Gasteiger partial charge in [0.25, 0.3) is 5.91 Å². The fourth-order valence-electron chi connectivity index (χ4n) is 5.39. The molecule has 0 saturated carbocycles. The number of likely N-dealkylation sites (tertiary alicyclic amines) is 1. The van der Waals surface area contributed by atoms with Gasteiger partial charge < -0.3 is 24.5 Å². The summed E-state index contributed by atoms with van der Waals surface area (Å²) in [5.41, 5.74) is 1.83. The number of benzene rings is 2. The average Bonchev–Trinajstić information content (AvgIpc) is 3.48. The summed E-state index contributed by atoms with van der Waals surface area (Å²) < 4.78 is 11.9. The number of ether oxygens (including phenoxy) is 1. The Kier molecular flexibility index (Phi) is 5.58. The van der Waals surface area contributed by atoms with E-state index in [-0.39, 0.29) is 23.7 Å². The van der Waals surface area contributed by atoms with E-state index < -0.39 is 5.97 Å². The lowest BCUT2D eigenvalue weighted by Crippen LogP contribution is -2.36. The van der Waals surface area contributed by atoms with Crippen molar-refractivity contribution in [1.29, 1.82) is 0 Å². The van der Waals surface area contributed by atoms with Gasteiger partial charge in [0.15, 0.2) is 0 Å². The molecule has 2 atom stereocenters. The fourth-order valence-corrected chi connectivity index (χ4v) is 5.39. The zero-order valence-electron chi connectivity index (χ0n) is 18.7. The van der Waals surface area contributed by atoms with E-state index in [2.05, 4.69) is 5.32 Å². The predicted molar refractivity (Wildman–Crippen MR) is 124 cm³/mol. The topological polar surface area (TPSA) is 92.0 Å². The van der Waals surface area contributed by atoms with E-state index in [0.717, 1.165) is 24.0 Å². The van der Waals surface area contributed by atoms with Crippen molar-refractivity contribution in [3.05, 3.63) is 54.1 Å². The van der Waals surface area contributed by atoms with Gasteiger partial charge in [-0.3, -0.25) is 9.59 Å². The molecule has 0 radical (unpaired) electrons. The van der Waals surface area contributed by atoms with Gasteiger partial charge in [-0.2, -0.15) is 0 Å². The zero-order valence-corrected chi connectivity index (χ0v) is 18.7. The Labute approximate surface area is 192 Å². The molecule has 5 rings (SSSR count). The summed E-state index contributed by atoms with van der Waals surface area (Å²) in [5.74, 6) is 0.623. The van der Waals surface area contributed by atoms with Crippen LogP contribution in [-0.4, -0.2) is 54.7 Å². The predicted octanol–water partition coefficient (Wildman–Crippen LogP) is 4.02. The van der Waals surface area contributed by atoms with E-state index in [1.54, 1.807) is 0 Å². The van der Waals surface area contributed by atoms with Gasteiger partial charge in [-0.15, -0.1) is 0 Å². The van der Waals surface area contributed by atoms with Crippen molar-refractivity contribution in [3.63, 3.8) is 0 Å². The molecule has 172 valence electrons. The molecule has 33 heavy (non-hydrogen) atoms. The zero-order chi connectivity index (χ0) is 23.0. The molecule has 1 aromatic heterocycles. The maximum Gasteiger partial charge on any atom is 0.303 e. The number of aliphatic carboxylic acids is 1. The smallest absolute Gasteiger partial charge is 0.303 e. The number of fused-ring (bicyclic) bond motifs is 2. The van der Waals surface area contributed by atoms with E-state index in [9.17, 15) is 14.7 Å². The van der Waals surface area contributed by atoms with Gasteiger partial charge in [0.2, 0.25) is 0 Å². The minimum absolute atomic E-state index is 0.0784. The van der Waals surface area contributed by atoms with Gasteiger partial charge in [-0.1, -0.05) is 30.3 Å². The standard InChI is InChI=1S/C26H28N2O5/c1-2-32-19-8-9-21-20(12-19)23(24(33-21)17-6-4-3-5-7-17)25(31)28-14-18-13-27-15-26(18,16-28)11-10-22(29)30/h3-9,12,18,27H,2,10-11,13-16H2,1H3,(H,29,30). The Balaban J connectivity index is 1.55. The first kappa shape index (κ1) is 21.5. The average molecular weight is 449 g/mol. The van der Waals surface area contributed by atoms with Crippen LogP contribution in [0.1, 0.15) is 30.1 Å². The SMILES string of the molecule is CCOc1ccc2oc(-c3ccccc3)c(C(=O)N3CC4CNCC4(CCC(=O)O)C3)c2c1. The van der Waals surface area contributed by atoms with Crippen LogP contribution >= 0.6 is 0 Å². The largest absolute Gasteiger partial charge is 0.494 e. The van der Waals surface area contributed by atoms with Crippen molar-refractivity contribution in [3.8, 4) is 17.1 Å². The third-order valence-electron chi connectivity index (χ3n) is 7.02. The highest BCUT2D eigenvalue weighted by atomic mass is 16.5. The summed E-state index contributed by atoms with van der Waals surface area (Å²) >= 11 is 0. The molecule has 0 aliphatic carbocycles. The number of hydrogen-bond acceptors (Lipinski definition) is 5. The number of hydrogen-bond donors (Lipinski definition) is 2. The van der Waals surface area contributed by atoms with Crippen LogP contribution in [0.4, 0.5) is 0 Å². The lowest BCUT2D eigenvalue weighted by atomic mass is 9.77. The number of amides is 1. The number of rotatable bonds is 7. The molecule has 2 aromatic carbocycles. The molecule has 3 heterocycles. The second kappa shape index (κ2) is 8.56. The molecule has 2 fully saturated rings. The van der Waals surface area contributed by atoms with Gasteiger partial charge in [0, 0.05) is 49.0 Å². The van der Waals surface area contributed by atoms with Crippen LogP contribution in [0.5, 0.6) is 5.75 Å². The summed E-state index contributed by atoms with van der Waals surface area (Å²) in [5, 5.41) is 13.4. The Morgan fingerprint density at radius 3 is 2.82 bits per heavy atom. The Morgan fingerprint density at radius 2 is 2.06 bits per heavy atom. The van der Waals surface area contributed by atoms with Crippen molar-refractivity contribution in [2.45, 2.75) is 19.8 Å². The quantitative estimate of drug-likeness (QED) is 0.567. The maximum absolute atomic E-state index is 14.0. The monoisotopic (exact) mass is 448 g/mol. The van der Waals surface area contributed by atoms with Gasteiger partial charge in [0.1, 0.15) is 17.1 Å². The molecule has 2 saturated heterocycles. The number of carbonyl (C=O) groups is 2. The molecule has 7 nitrogen and oxygen atoms in total. The van der Waals surface area contributed by atoms with Crippen molar-refractivity contribution in [2.75, 3.05) is 32.8 Å². The Morgan fingerprint density at radius 1 is 1.24 bits per heavy atom. The van der Waals surface area contributed by atoms with E-state index in [1.165, 1.54) is 0 Å². The van der Waals surface area contributed by atoms with Crippen molar-refractivity contribution in [1.82, 2.24) is 10.2 Å². The van der Waals surface area contributed by atoms with Crippen LogP contribution in [0.15, 0.2) is 52.9 Å².